The van der Waals surface area contributed by atoms with Gasteiger partial charge in [0.05, 0.1) is 0 Å². The van der Waals surface area contributed by atoms with Crippen molar-refractivity contribution < 1.29 is 39.3 Å². The van der Waals surface area contributed by atoms with Crippen LogP contribution in [0.3, 0.4) is 0 Å². The summed E-state index contributed by atoms with van der Waals surface area (Å²) >= 11 is 0. The summed E-state index contributed by atoms with van der Waals surface area (Å²) in [6, 6.07) is 0. The van der Waals surface area contributed by atoms with Crippen LogP contribution >= 0.6 is 0 Å². The fraction of sp³-hybridized carbons (Fsp3) is 0. The van der Waals surface area contributed by atoms with Gasteiger partial charge in [-0.05, 0) is 0 Å². The molecule has 0 atom stereocenters. The fourth-order valence-electron chi connectivity index (χ4n) is 0. The first-order valence-electron chi connectivity index (χ1n) is 0.698. The molecule has 0 spiro atoms. The molecule has 0 aliphatic heterocycles. The van der Waals surface area contributed by atoms with E-state index in [2.05, 4.69) is 0 Å². The minimum atomic E-state index is -4.67. The number of halogens is 1. The average Bonchev–Trinajstić information content (AvgIpc) is 0.722. The van der Waals surface area contributed by atoms with Crippen LogP contribution in [0, 0.1) is 0 Å². The van der Waals surface area contributed by atoms with Gasteiger partial charge in [-0.25, -0.2) is 0 Å². The van der Waals surface area contributed by atoms with Gasteiger partial charge < -0.3 is 0 Å². The van der Waals surface area contributed by atoms with Crippen molar-refractivity contribution in [3.05, 3.63) is 0 Å². The van der Waals surface area contributed by atoms with Crippen molar-refractivity contribution in [1.82, 2.24) is 0 Å². The molecule has 0 saturated heterocycles. The van der Waals surface area contributed by atoms with E-state index in [1.165, 1.54) is 0 Å². The molecule has 0 saturated carbocycles. The molecule has 4 nitrogen and oxygen atoms in total. The molecule has 0 bridgehead atoms. The standard InChI is InChI=1S/FH.Fe.Li.H2O4S.H/c;;;1-5(2,3)4;/h1H;;;(H2,1,2,3,4);. The Balaban J connectivity index is -0.0000000267. The molecular weight excluding hydrogens is 178 g/mol. The fourth-order valence-corrected chi connectivity index (χ4v) is 0. The normalized spacial score (nSPS) is 7.25. The van der Waals surface area contributed by atoms with Crippen molar-refractivity contribution in [3.8, 4) is 0 Å². The molecule has 0 aromatic rings. The molecule has 8 heavy (non-hydrogen) atoms. The third-order valence-electron chi connectivity index (χ3n) is 0. The summed E-state index contributed by atoms with van der Waals surface area (Å²) in [5, 5.41) is 0. The van der Waals surface area contributed by atoms with Crippen LogP contribution in [-0.4, -0.2) is 36.4 Å². The third-order valence-corrected chi connectivity index (χ3v) is 0. The third kappa shape index (κ3) is 288. The SMILES string of the molecule is F.O=S(=O)(O)O.[Fe].[LiH]. The second-order valence-corrected chi connectivity index (χ2v) is 1.34. The average molecular weight is 182 g/mol. The van der Waals surface area contributed by atoms with Gasteiger partial charge in [0.2, 0.25) is 0 Å². The van der Waals surface area contributed by atoms with E-state index in [-0.39, 0.29) is 40.6 Å². The minimum absolute atomic E-state index is 0. The molecule has 0 unspecified atom stereocenters. The number of rotatable bonds is 0. The van der Waals surface area contributed by atoms with Gasteiger partial charge >= 0.3 is 29.3 Å². The zero-order chi connectivity index (χ0) is 4.50. The second kappa shape index (κ2) is 7.92. The Hall–Kier alpha value is 0.917. The molecule has 0 radical (unpaired) electrons. The molecule has 8 heteroatoms. The molecule has 0 rings (SSSR count). The van der Waals surface area contributed by atoms with Gasteiger partial charge in [-0.15, -0.1) is 0 Å². The Kier molecular flexibility index (Phi) is 22.9. The van der Waals surface area contributed by atoms with Gasteiger partial charge in [0.15, 0.2) is 0 Å². The van der Waals surface area contributed by atoms with Crippen LogP contribution in [0.1, 0.15) is 0 Å². The summed E-state index contributed by atoms with van der Waals surface area (Å²) in [4.78, 5) is 0. The Morgan fingerprint density at radius 1 is 1.12 bits per heavy atom. The van der Waals surface area contributed by atoms with E-state index in [0.717, 1.165) is 0 Å². The van der Waals surface area contributed by atoms with Crippen molar-refractivity contribution in [2.45, 2.75) is 0 Å². The number of hydrogen-bond donors (Lipinski definition) is 2. The van der Waals surface area contributed by atoms with Crippen LogP contribution in [0.5, 0.6) is 0 Å². The van der Waals surface area contributed by atoms with E-state index in [1.807, 2.05) is 0 Å². The maximum atomic E-state index is 8.74. The molecule has 0 aromatic carbocycles. The molecular formula is H4FFeLiO4S. The van der Waals surface area contributed by atoms with Gasteiger partial charge in [0.25, 0.3) is 0 Å². The maximum absolute atomic E-state index is 8.74. The Morgan fingerprint density at radius 2 is 1.12 bits per heavy atom. The van der Waals surface area contributed by atoms with Crippen molar-refractivity contribution in [2.75, 3.05) is 0 Å². The predicted octanol–water partition coefficient (Wildman–Crippen LogP) is -1.15. The van der Waals surface area contributed by atoms with E-state index in [4.69, 9.17) is 17.5 Å². The zero-order valence-corrected chi connectivity index (χ0v) is 4.80. The quantitative estimate of drug-likeness (QED) is 0.366. The van der Waals surface area contributed by atoms with Crippen LogP contribution in [0.4, 0.5) is 4.70 Å². The van der Waals surface area contributed by atoms with Crippen LogP contribution < -0.4 is 0 Å². The summed E-state index contributed by atoms with van der Waals surface area (Å²) in [5.74, 6) is 0. The molecule has 0 aliphatic carbocycles. The van der Waals surface area contributed by atoms with Crippen molar-refractivity contribution in [1.29, 1.82) is 0 Å². The first-order chi connectivity index (χ1) is 2.00. The van der Waals surface area contributed by atoms with E-state index < -0.39 is 10.4 Å². The van der Waals surface area contributed by atoms with Crippen molar-refractivity contribution in [3.63, 3.8) is 0 Å². The van der Waals surface area contributed by atoms with Crippen LogP contribution in [0.15, 0.2) is 0 Å². The van der Waals surface area contributed by atoms with Crippen molar-refractivity contribution >= 4 is 29.3 Å². The Morgan fingerprint density at radius 3 is 1.12 bits per heavy atom. The second-order valence-electron chi connectivity index (χ2n) is 0.448. The summed E-state index contributed by atoms with van der Waals surface area (Å²) in [7, 11) is -4.67. The Labute approximate surface area is 68.6 Å². The molecule has 2 N–H and O–H groups in total. The first kappa shape index (κ1) is 23.1. The van der Waals surface area contributed by atoms with Gasteiger partial charge in [0, 0.05) is 17.1 Å². The summed E-state index contributed by atoms with van der Waals surface area (Å²) in [6.45, 7) is 0. The summed E-state index contributed by atoms with van der Waals surface area (Å²) in [5.41, 5.74) is 0. The molecule has 50 valence electrons. The molecule has 0 aliphatic rings. The van der Waals surface area contributed by atoms with Gasteiger partial charge in [-0.1, -0.05) is 0 Å². The van der Waals surface area contributed by atoms with E-state index in [0.29, 0.717) is 0 Å². The van der Waals surface area contributed by atoms with Gasteiger partial charge in [-0.2, -0.15) is 8.42 Å². The predicted molar refractivity (Wildman–Crippen MR) is 23.8 cm³/mol. The van der Waals surface area contributed by atoms with E-state index >= 15 is 0 Å². The zero-order valence-electron chi connectivity index (χ0n) is 2.88. The Bertz CT molecular complexity index is 99.2. The van der Waals surface area contributed by atoms with Gasteiger partial charge in [-0.3, -0.25) is 13.8 Å². The molecule has 0 fully saturated rings. The topological polar surface area (TPSA) is 74.6 Å². The van der Waals surface area contributed by atoms with Crippen LogP contribution in [-0.2, 0) is 27.5 Å². The van der Waals surface area contributed by atoms with Crippen molar-refractivity contribution in [2.24, 2.45) is 0 Å². The van der Waals surface area contributed by atoms with Gasteiger partial charge in [0.1, 0.15) is 0 Å². The van der Waals surface area contributed by atoms with Crippen LogP contribution in [0.25, 0.3) is 0 Å². The van der Waals surface area contributed by atoms with E-state index in [1.54, 1.807) is 0 Å². The summed E-state index contributed by atoms with van der Waals surface area (Å²) < 4.78 is 31.6. The molecule has 0 heterocycles. The van der Waals surface area contributed by atoms with E-state index in [9.17, 15) is 0 Å². The number of hydrogen-bond acceptors (Lipinski definition) is 2. The van der Waals surface area contributed by atoms with Crippen LogP contribution in [0.2, 0.25) is 0 Å². The monoisotopic (exact) mass is 182 g/mol. The molecule has 0 amide bonds. The first-order valence-corrected chi connectivity index (χ1v) is 2.10. The summed E-state index contributed by atoms with van der Waals surface area (Å²) in [6.07, 6.45) is 0. The molecule has 0 aromatic heterocycles.